The maximum absolute atomic E-state index is 12.1. The minimum Gasteiger partial charge on any atom is -0.489 e. The maximum atomic E-state index is 12.1. The van der Waals surface area contributed by atoms with Crippen molar-refractivity contribution in [3.8, 4) is 5.75 Å². The van der Waals surface area contributed by atoms with E-state index in [9.17, 15) is 4.79 Å². The second-order valence-electron chi connectivity index (χ2n) is 4.88. The molecule has 2 N–H and O–H groups in total. The van der Waals surface area contributed by atoms with E-state index in [2.05, 4.69) is 10.6 Å². The molecule has 1 fully saturated rings. The van der Waals surface area contributed by atoms with E-state index in [1.165, 1.54) is 0 Å². The SMILES string of the molecule is CC(C)Oc1ccc(NC(=O)C2CSCCN2)cc1Cl. The summed E-state index contributed by atoms with van der Waals surface area (Å²) in [5.41, 5.74) is 0.688. The molecule has 1 aliphatic rings. The van der Waals surface area contributed by atoms with Crippen molar-refractivity contribution in [2.75, 3.05) is 23.4 Å². The van der Waals surface area contributed by atoms with Gasteiger partial charge in [0.05, 0.1) is 17.2 Å². The van der Waals surface area contributed by atoms with Crippen LogP contribution in [0.5, 0.6) is 5.75 Å². The van der Waals surface area contributed by atoms with Crippen molar-refractivity contribution in [3.63, 3.8) is 0 Å². The van der Waals surface area contributed by atoms with Crippen LogP contribution in [0.25, 0.3) is 0 Å². The highest BCUT2D eigenvalue weighted by molar-refractivity contribution is 7.99. The molecule has 20 heavy (non-hydrogen) atoms. The van der Waals surface area contributed by atoms with E-state index in [0.717, 1.165) is 18.1 Å². The lowest BCUT2D eigenvalue weighted by molar-refractivity contribution is -0.117. The van der Waals surface area contributed by atoms with Gasteiger partial charge in [-0.15, -0.1) is 0 Å². The third-order valence-electron chi connectivity index (χ3n) is 2.80. The van der Waals surface area contributed by atoms with E-state index in [-0.39, 0.29) is 18.1 Å². The fourth-order valence-electron chi connectivity index (χ4n) is 1.89. The van der Waals surface area contributed by atoms with Gasteiger partial charge in [0.25, 0.3) is 0 Å². The van der Waals surface area contributed by atoms with Crippen LogP contribution in [0.3, 0.4) is 0 Å². The highest BCUT2D eigenvalue weighted by Crippen LogP contribution is 2.28. The number of nitrogens with one attached hydrogen (secondary N) is 2. The number of ether oxygens (including phenoxy) is 1. The minimum atomic E-state index is -0.140. The van der Waals surface area contributed by atoms with Crippen LogP contribution in [0.15, 0.2) is 18.2 Å². The van der Waals surface area contributed by atoms with Gasteiger partial charge in [-0.3, -0.25) is 4.79 Å². The van der Waals surface area contributed by atoms with Crippen LogP contribution in [-0.4, -0.2) is 36.1 Å². The molecule has 110 valence electrons. The molecule has 1 amide bonds. The Balaban J connectivity index is 1.99. The average Bonchev–Trinajstić information content (AvgIpc) is 2.42. The average molecular weight is 315 g/mol. The summed E-state index contributed by atoms with van der Waals surface area (Å²) in [5, 5.41) is 6.58. The fraction of sp³-hybridized carbons (Fsp3) is 0.500. The van der Waals surface area contributed by atoms with Crippen LogP contribution in [0, 0.1) is 0 Å². The van der Waals surface area contributed by atoms with Crippen molar-refractivity contribution < 1.29 is 9.53 Å². The minimum absolute atomic E-state index is 0.0224. The van der Waals surface area contributed by atoms with Crippen molar-refractivity contribution >= 4 is 35.0 Å². The molecular weight excluding hydrogens is 296 g/mol. The van der Waals surface area contributed by atoms with E-state index in [0.29, 0.717) is 16.5 Å². The van der Waals surface area contributed by atoms with Crippen LogP contribution in [-0.2, 0) is 4.79 Å². The molecule has 2 rings (SSSR count). The quantitative estimate of drug-likeness (QED) is 0.897. The summed E-state index contributed by atoms with van der Waals surface area (Å²) in [5.74, 6) is 2.46. The standard InChI is InChI=1S/C14H19ClN2O2S/c1-9(2)19-13-4-3-10(7-11(13)15)17-14(18)12-8-20-6-5-16-12/h3-4,7,9,12,16H,5-6,8H2,1-2H3,(H,17,18). The Hall–Kier alpha value is -0.910. The zero-order valence-corrected chi connectivity index (χ0v) is 13.2. The summed E-state index contributed by atoms with van der Waals surface area (Å²) >= 11 is 7.93. The predicted octanol–water partition coefficient (Wildman–Crippen LogP) is 2.77. The number of amides is 1. The van der Waals surface area contributed by atoms with Gasteiger partial charge in [-0.1, -0.05) is 11.6 Å². The molecule has 4 nitrogen and oxygen atoms in total. The summed E-state index contributed by atoms with van der Waals surface area (Å²) in [4.78, 5) is 12.1. The van der Waals surface area contributed by atoms with Crippen LogP contribution >= 0.6 is 23.4 Å². The van der Waals surface area contributed by atoms with Gasteiger partial charge in [-0.2, -0.15) is 11.8 Å². The van der Waals surface area contributed by atoms with Crippen LogP contribution in [0.1, 0.15) is 13.8 Å². The predicted molar refractivity (Wildman–Crippen MR) is 85.0 cm³/mol. The molecule has 0 aliphatic carbocycles. The van der Waals surface area contributed by atoms with Gasteiger partial charge in [-0.05, 0) is 32.0 Å². The summed E-state index contributed by atoms with van der Waals surface area (Å²) < 4.78 is 5.56. The Morgan fingerprint density at radius 2 is 2.35 bits per heavy atom. The van der Waals surface area contributed by atoms with Gasteiger partial charge in [0.2, 0.25) is 5.91 Å². The Labute approximate surface area is 128 Å². The third kappa shape index (κ3) is 4.30. The zero-order valence-electron chi connectivity index (χ0n) is 11.6. The molecular formula is C14H19ClN2O2S. The Bertz CT molecular complexity index is 476. The van der Waals surface area contributed by atoms with E-state index >= 15 is 0 Å². The molecule has 6 heteroatoms. The molecule has 1 aromatic carbocycles. The molecule has 0 radical (unpaired) electrons. The van der Waals surface area contributed by atoms with Gasteiger partial charge < -0.3 is 15.4 Å². The number of thioether (sulfide) groups is 1. The second kappa shape index (κ2) is 7.20. The zero-order chi connectivity index (χ0) is 14.5. The van der Waals surface area contributed by atoms with Crippen molar-refractivity contribution in [2.45, 2.75) is 26.0 Å². The van der Waals surface area contributed by atoms with Gasteiger partial charge >= 0.3 is 0 Å². The van der Waals surface area contributed by atoms with E-state index in [4.69, 9.17) is 16.3 Å². The molecule has 0 saturated carbocycles. The number of benzene rings is 1. The molecule has 0 bridgehead atoms. The highest BCUT2D eigenvalue weighted by Gasteiger charge is 2.21. The monoisotopic (exact) mass is 314 g/mol. The molecule has 1 heterocycles. The molecule has 0 spiro atoms. The fourth-order valence-corrected chi connectivity index (χ4v) is 3.05. The number of carbonyl (C=O) groups excluding carboxylic acids is 1. The highest BCUT2D eigenvalue weighted by atomic mass is 35.5. The molecule has 1 atom stereocenters. The first-order valence-corrected chi connectivity index (χ1v) is 8.17. The lowest BCUT2D eigenvalue weighted by Gasteiger charge is -2.22. The number of carbonyl (C=O) groups is 1. The van der Waals surface area contributed by atoms with Crippen LogP contribution < -0.4 is 15.4 Å². The Kier molecular flexibility index (Phi) is 5.57. The lowest BCUT2D eigenvalue weighted by Crippen LogP contribution is -2.46. The Morgan fingerprint density at radius 1 is 1.55 bits per heavy atom. The van der Waals surface area contributed by atoms with Gasteiger partial charge in [0.15, 0.2) is 0 Å². The molecule has 1 aromatic rings. The largest absolute Gasteiger partial charge is 0.489 e. The number of rotatable bonds is 4. The lowest BCUT2D eigenvalue weighted by atomic mass is 10.2. The molecule has 1 saturated heterocycles. The number of hydrogen-bond acceptors (Lipinski definition) is 4. The molecule has 1 unspecified atom stereocenters. The van der Waals surface area contributed by atoms with E-state index in [1.807, 2.05) is 13.8 Å². The summed E-state index contributed by atoms with van der Waals surface area (Å²) in [7, 11) is 0. The normalized spacial score (nSPS) is 18.9. The number of hydrogen-bond donors (Lipinski definition) is 2. The topological polar surface area (TPSA) is 50.4 Å². The third-order valence-corrected chi connectivity index (χ3v) is 4.16. The first-order valence-electron chi connectivity index (χ1n) is 6.64. The maximum Gasteiger partial charge on any atom is 0.242 e. The van der Waals surface area contributed by atoms with Crippen molar-refractivity contribution in [1.82, 2.24) is 5.32 Å². The first-order chi connectivity index (χ1) is 9.56. The van der Waals surface area contributed by atoms with Crippen LogP contribution in [0.2, 0.25) is 5.02 Å². The molecule has 0 aromatic heterocycles. The van der Waals surface area contributed by atoms with Crippen LogP contribution in [0.4, 0.5) is 5.69 Å². The number of halogens is 1. The summed E-state index contributed by atoms with van der Waals surface area (Å²) in [6, 6.07) is 5.16. The number of anilines is 1. The first kappa shape index (κ1) is 15.5. The summed E-state index contributed by atoms with van der Waals surface area (Å²) in [6.45, 7) is 4.75. The van der Waals surface area contributed by atoms with Crippen molar-refractivity contribution in [3.05, 3.63) is 23.2 Å². The van der Waals surface area contributed by atoms with Crippen molar-refractivity contribution in [1.29, 1.82) is 0 Å². The summed E-state index contributed by atoms with van der Waals surface area (Å²) in [6.07, 6.45) is 0.0661. The van der Waals surface area contributed by atoms with Gasteiger partial charge in [0, 0.05) is 23.7 Å². The Morgan fingerprint density at radius 3 is 2.95 bits per heavy atom. The van der Waals surface area contributed by atoms with Gasteiger partial charge in [0.1, 0.15) is 5.75 Å². The van der Waals surface area contributed by atoms with Gasteiger partial charge in [-0.25, -0.2) is 0 Å². The molecule has 1 aliphatic heterocycles. The van der Waals surface area contributed by atoms with E-state index in [1.54, 1.807) is 30.0 Å². The van der Waals surface area contributed by atoms with Crippen molar-refractivity contribution in [2.24, 2.45) is 0 Å². The smallest absolute Gasteiger partial charge is 0.242 e. The van der Waals surface area contributed by atoms with E-state index < -0.39 is 0 Å². The second-order valence-corrected chi connectivity index (χ2v) is 6.44.